The molecule has 0 amide bonds. The number of aromatic hydroxyl groups is 1. The van der Waals surface area contributed by atoms with E-state index in [1.165, 1.54) is 0 Å². The van der Waals surface area contributed by atoms with Crippen LogP contribution in [0.4, 0.5) is 8.78 Å². The summed E-state index contributed by atoms with van der Waals surface area (Å²) in [5.74, 6) is -2.11. The van der Waals surface area contributed by atoms with Gasteiger partial charge in [0.15, 0.2) is 11.4 Å². The largest absolute Gasteiger partial charge is 0.505 e. The van der Waals surface area contributed by atoms with Crippen molar-refractivity contribution in [2.24, 2.45) is 0 Å². The minimum atomic E-state index is -2.94. The average Bonchev–Trinajstić information content (AvgIpc) is 2.26. The van der Waals surface area contributed by atoms with Crippen LogP contribution >= 0.6 is 11.6 Å². The van der Waals surface area contributed by atoms with Gasteiger partial charge >= 0.3 is 5.97 Å². The summed E-state index contributed by atoms with van der Waals surface area (Å²) in [7, 11) is 1.06. The van der Waals surface area contributed by atoms with E-state index in [-0.39, 0.29) is 11.4 Å². The molecule has 88 valence electrons. The van der Waals surface area contributed by atoms with Crippen molar-refractivity contribution < 1.29 is 23.4 Å². The Morgan fingerprint density at radius 1 is 1.69 bits per heavy atom. The van der Waals surface area contributed by atoms with Gasteiger partial charge in [0.25, 0.3) is 6.43 Å². The summed E-state index contributed by atoms with van der Waals surface area (Å²) in [6.45, 7) is 0. The van der Waals surface area contributed by atoms with Gasteiger partial charge in [0.1, 0.15) is 0 Å². The quantitative estimate of drug-likeness (QED) is 0.661. The molecule has 0 aliphatic carbocycles. The Balaban J connectivity index is 3.37. The first-order chi connectivity index (χ1) is 7.52. The number of pyridine rings is 1. The summed E-state index contributed by atoms with van der Waals surface area (Å²) >= 11 is 5.41. The highest BCUT2D eigenvalue weighted by Gasteiger charge is 2.24. The molecule has 7 heteroatoms. The van der Waals surface area contributed by atoms with Crippen molar-refractivity contribution in [3.05, 3.63) is 23.0 Å². The van der Waals surface area contributed by atoms with Crippen LogP contribution in [0.3, 0.4) is 0 Å². The molecule has 0 aliphatic rings. The fourth-order valence-corrected chi connectivity index (χ4v) is 1.36. The second kappa shape index (κ2) is 5.07. The maximum absolute atomic E-state index is 12.6. The molecule has 0 atom stereocenters. The Labute approximate surface area is 94.8 Å². The number of rotatable bonds is 3. The molecule has 16 heavy (non-hydrogen) atoms. The van der Waals surface area contributed by atoms with E-state index in [0.717, 1.165) is 13.3 Å². The van der Waals surface area contributed by atoms with Crippen molar-refractivity contribution in [3.63, 3.8) is 0 Å². The molecule has 1 aromatic rings. The highest BCUT2D eigenvalue weighted by Crippen LogP contribution is 2.34. The first kappa shape index (κ1) is 12.6. The first-order valence-corrected chi connectivity index (χ1v) is 4.69. The summed E-state index contributed by atoms with van der Waals surface area (Å²) in [5, 5.41) is 9.47. The summed E-state index contributed by atoms with van der Waals surface area (Å²) in [6.07, 6.45) is -1.93. The predicted molar refractivity (Wildman–Crippen MR) is 51.8 cm³/mol. The molecule has 1 N–H and O–H groups in total. The maximum Gasteiger partial charge on any atom is 0.360 e. The van der Waals surface area contributed by atoms with Crippen molar-refractivity contribution >= 4 is 17.6 Å². The van der Waals surface area contributed by atoms with Crippen LogP contribution in [-0.2, 0) is 10.6 Å². The fraction of sp³-hybridized carbons (Fsp3) is 0.333. The van der Waals surface area contributed by atoms with Crippen LogP contribution in [0.2, 0.25) is 0 Å². The van der Waals surface area contributed by atoms with Crippen LogP contribution in [0.15, 0.2) is 6.20 Å². The van der Waals surface area contributed by atoms with Crippen LogP contribution < -0.4 is 0 Å². The lowest BCUT2D eigenvalue weighted by Gasteiger charge is -2.10. The number of carbonyl (C=O) groups excluding carboxylic acids is 1. The normalized spacial score (nSPS) is 10.6. The van der Waals surface area contributed by atoms with Crippen molar-refractivity contribution in [1.82, 2.24) is 4.98 Å². The lowest BCUT2D eigenvalue weighted by atomic mass is 10.1. The number of nitrogens with zero attached hydrogens (tertiary/aromatic N) is 1. The molecule has 0 bridgehead atoms. The van der Waals surface area contributed by atoms with Gasteiger partial charge in [-0.05, 0) is 5.56 Å². The Hall–Kier alpha value is -1.43. The monoisotopic (exact) mass is 251 g/mol. The maximum atomic E-state index is 12.6. The molecule has 0 aromatic carbocycles. The predicted octanol–water partition coefficient (Wildman–Crippen LogP) is 2.25. The van der Waals surface area contributed by atoms with Crippen LogP contribution in [0.25, 0.3) is 0 Å². The average molecular weight is 252 g/mol. The molecule has 1 rings (SSSR count). The van der Waals surface area contributed by atoms with Crippen molar-refractivity contribution in [3.8, 4) is 5.75 Å². The topological polar surface area (TPSA) is 59.4 Å². The molecule has 0 fully saturated rings. The van der Waals surface area contributed by atoms with Gasteiger partial charge in [-0.3, -0.25) is 0 Å². The zero-order valence-corrected chi connectivity index (χ0v) is 8.96. The van der Waals surface area contributed by atoms with Crippen molar-refractivity contribution in [1.29, 1.82) is 0 Å². The van der Waals surface area contributed by atoms with Crippen molar-refractivity contribution in [2.45, 2.75) is 12.3 Å². The second-order valence-corrected chi connectivity index (χ2v) is 3.09. The van der Waals surface area contributed by atoms with Crippen LogP contribution in [-0.4, -0.2) is 23.2 Å². The molecule has 0 saturated carbocycles. The van der Waals surface area contributed by atoms with Gasteiger partial charge in [-0.1, -0.05) is 0 Å². The number of alkyl halides is 3. The summed E-state index contributed by atoms with van der Waals surface area (Å²) in [6, 6.07) is 0. The van der Waals surface area contributed by atoms with E-state index < -0.39 is 29.4 Å². The third-order valence-electron chi connectivity index (χ3n) is 1.92. The smallest absolute Gasteiger partial charge is 0.360 e. The number of aromatic nitrogens is 1. The minimum absolute atomic E-state index is 0.0261. The standard InChI is InChI=1S/C9H8ClF2NO3/c1-16-9(15)6-7(14)5(8(11)12)4(2-10)3-13-6/h3,8,14H,2H2,1H3. The SMILES string of the molecule is COC(=O)c1ncc(CCl)c(C(F)F)c1O. The van der Waals surface area contributed by atoms with E-state index in [1.807, 2.05) is 0 Å². The number of esters is 1. The van der Waals surface area contributed by atoms with Crippen LogP contribution in [0.1, 0.15) is 28.0 Å². The molecule has 0 unspecified atom stereocenters. The summed E-state index contributed by atoms with van der Waals surface area (Å²) in [5.41, 5.74) is -1.26. The number of hydrogen-bond acceptors (Lipinski definition) is 4. The molecule has 1 aromatic heterocycles. The Morgan fingerprint density at radius 3 is 2.75 bits per heavy atom. The third kappa shape index (κ3) is 2.21. The highest BCUT2D eigenvalue weighted by atomic mass is 35.5. The van der Waals surface area contributed by atoms with E-state index in [4.69, 9.17) is 11.6 Å². The van der Waals surface area contributed by atoms with Crippen LogP contribution in [0.5, 0.6) is 5.75 Å². The van der Waals surface area contributed by atoms with Crippen LogP contribution in [0, 0.1) is 0 Å². The van der Waals surface area contributed by atoms with Gasteiger partial charge < -0.3 is 9.84 Å². The molecule has 0 aliphatic heterocycles. The van der Waals surface area contributed by atoms with Crippen molar-refractivity contribution in [2.75, 3.05) is 7.11 Å². The van der Waals surface area contributed by atoms with E-state index >= 15 is 0 Å². The highest BCUT2D eigenvalue weighted by molar-refractivity contribution is 6.17. The van der Waals surface area contributed by atoms with Gasteiger partial charge in [-0.25, -0.2) is 18.6 Å². The number of methoxy groups -OCH3 is 1. The van der Waals surface area contributed by atoms with Gasteiger partial charge in [0, 0.05) is 12.1 Å². The molecule has 1 heterocycles. The molecular formula is C9H8ClF2NO3. The lowest BCUT2D eigenvalue weighted by molar-refractivity contribution is 0.0589. The van der Waals surface area contributed by atoms with E-state index in [0.29, 0.717) is 0 Å². The lowest BCUT2D eigenvalue weighted by Crippen LogP contribution is -2.08. The zero-order chi connectivity index (χ0) is 12.3. The van der Waals surface area contributed by atoms with Gasteiger partial charge in [0.2, 0.25) is 0 Å². The zero-order valence-electron chi connectivity index (χ0n) is 8.21. The molecule has 0 saturated heterocycles. The number of ether oxygens (including phenoxy) is 1. The van der Waals surface area contributed by atoms with Gasteiger partial charge in [-0.2, -0.15) is 0 Å². The van der Waals surface area contributed by atoms with E-state index in [9.17, 15) is 18.7 Å². The summed E-state index contributed by atoms with van der Waals surface area (Å²) in [4.78, 5) is 14.6. The molecule has 4 nitrogen and oxygen atoms in total. The van der Waals surface area contributed by atoms with Gasteiger partial charge in [0.05, 0.1) is 12.7 Å². The minimum Gasteiger partial charge on any atom is -0.505 e. The first-order valence-electron chi connectivity index (χ1n) is 4.16. The number of carbonyl (C=O) groups is 1. The Kier molecular flexibility index (Phi) is 4.00. The third-order valence-corrected chi connectivity index (χ3v) is 2.20. The Morgan fingerprint density at radius 2 is 2.31 bits per heavy atom. The van der Waals surface area contributed by atoms with Gasteiger partial charge in [-0.15, -0.1) is 11.6 Å². The molecule has 0 spiro atoms. The fourth-order valence-electron chi connectivity index (χ4n) is 1.15. The second-order valence-electron chi connectivity index (χ2n) is 2.82. The molecular weight excluding hydrogens is 244 g/mol. The Bertz CT molecular complexity index is 412. The molecule has 0 radical (unpaired) electrons. The number of halogens is 3. The van der Waals surface area contributed by atoms with E-state index in [2.05, 4.69) is 9.72 Å². The number of hydrogen-bond donors (Lipinski definition) is 1. The summed E-state index contributed by atoms with van der Waals surface area (Å²) < 4.78 is 29.5. The van der Waals surface area contributed by atoms with E-state index in [1.54, 1.807) is 0 Å².